The topological polar surface area (TPSA) is 46.2 Å². The highest BCUT2D eigenvalue weighted by molar-refractivity contribution is 6.34. The summed E-state index contributed by atoms with van der Waals surface area (Å²) in [5, 5.41) is 3.16. The summed E-state index contributed by atoms with van der Waals surface area (Å²) in [6.07, 6.45) is 0.204. The van der Waals surface area contributed by atoms with Crippen molar-refractivity contribution in [3.8, 4) is 0 Å². The number of Topliss-reactive ketones (excluding diaryl/α,β-unsaturated/α-hetero) is 1. The van der Waals surface area contributed by atoms with Gasteiger partial charge in [0.05, 0.1) is 10.6 Å². The molecule has 0 fully saturated rings. The van der Waals surface area contributed by atoms with Crippen LogP contribution < -0.4 is 5.32 Å². The van der Waals surface area contributed by atoms with Crippen LogP contribution >= 0.6 is 11.6 Å². The van der Waals surface area contributed by atoms with Crippen LogP contribution in [-0.4, -0.2) is 11.7 Å². The van der Waals surface area contributed by atoms with Gasteiger partial charge in [0.15, 0.2) is 0 Å². The van der Waals surface area contributed by atoms with E-state index in [0.717, 1.165) is 0 Å². The molecule has 3 nitrogen and oxygen atoms in total. The minimum atomic E-state index is -0.302. The second-order valence-corrected chi connectivity index (χ2v) is 5.80. The van der Waals surface area contributed by atoms with Gasteiger partial charge in [0, 0.05) is 18.0 Å². The zero-order valence-corrected chi connectivity index (χ0v) is 13.4. The lowest BCUT2D eigenvalue weighted by Gasteiger charge is -2.12. The van der Waals surface area contributed by atoms with Crippen LogP contribution in [0.4, 0.5) is 5.69 Å². The lowest BCUT2D eigenvalue weighted by atomic mass is 9.97. The molecule has 0 saturated carbocycles. The van der Waals surface area contributed by atoms with Crippen LogP contribution in [0.3, 0.4) is 0 Å². The Morgan fingerprint density at radius 1 is 1.05 bits per heavy atom. The fraction of sp³-hybridized carbons (Fsp3) is 0.222. The second-order valence-electron chi connectivity index (χ2n) is 5.39. The molecule has 0 bridgehead atoms. The van der Waals surface area contributed by atoms with Crippen LogP contribution in [0.2, 0.25) is 5.02 Å². The average Bonchev–Trinajstić information content (AvgIpc) is 2.48. The lowest BCUT2D eigenvalue weighted by Crippen LogP contribution is -2.18. The maximum atomic E-state index is 12.5. The number of hydrogen-bond acceptors (Lipinski definition) is 2. The third-order valence-electron chi connectivity index (χ3n) is 3.37. The first-order valence-electron chi connectivity index (χ1n) is 7.15. The van der Waals surface area contributed by atoms with Crippen molar-refractivity contribution in [1.82, 2.24) is 0 Å². The number of amides is 1. The quantitative estimate of drug-likeness (QED) is 0.891. The van der Waals surface area contributed by atoms with E-state index in [4.69, 9.17) is 11.6 Å². The standard InChI is InChI=1S/C18H18ClNO2/c1-12(2)16(21)11-13-7-6-10-15(19)17(13)18(22)20-14-8-4-3-5-9-14/h3-10,12H,11H2,1-2H3,(H,20,22). The van der Waals surface area contributed by atoms with Crippen molar-refractivity contribution in [2.24, 2.45) is 5.92 Å². The van der Waals surface area contributed by atoms with E-state index in [1.54, 1.807) is 30.3 Å². The number of carbonyl (C=O) groups excluding carboxylic acids is 2. The summed E-state index contributed by atoms with van der Waals surface area (Å²) in [7, 11) is 0. The molecule has 0 aromatic heterocycles. The van der Waals surface area contributed by atoms with Gasteiger partial charge in [0.25, 0.3) is 5.91 Å². The Hall–Kier alpha value is -2.13. The molecule has 1 N–H and O–H groups in total. The van der Waals surface area contributed by atoms with E-state index in [1.165, 1.54) is 0 Å². The molecular formula is C18H18ClNO2. The van der Waals surface area contributed by atoms with Gasteiger partial charge >= 0.3 is 0 Å². The summed E-state index contributed by atoms with van der Waals surface area (Å²) in [6, 6.07) is 14.3. The molecule has 2 rings (SSSR count). The van der Waals surface area contributed by atoms with Gasteiger partial charge in [-0.25, -0.2) is 0 Å². The summed E-state index contributed by atoms with van der Waals surface area (Å²) in [6.45, 7) is 3.69. The Morgan fingerprint density at radius 2 is 1.73 bits per heavy atom. The molecule has 2 aromatic carbocycles. The maximum absolute atomic E-state index is 12.5. The van der Waals surface area contributed by atoms with Gasteiger partial charge in [-0.3, -0.25) is 9.59 Å². The predicted molar refractivity (Wildman–Crippen MR) is 89.4 cm³/mol. The molecule has 0 unspecified atom stereocenters. The van der Waals surface area contributed by atoms with Gasteiger partial charge < -0.3 is 5.32 Å². The van der Waals surface area contributed by atoms with Crippen molar-refractivity contribution >= 4 is 29.0 Å². The molecule has 4 heteroatoms. The summed E-state index contributed by atoms with van der Waals surface area (Å²) in [5.74, 6) is -0.302. The molecule has 22 heavy (non-hydrogen) atoms. The molecule has 0 radical (unpaired) electrons. The fourth-order valence-electron chi connectivity index (χ4n) is 2.08. The number of rotatable bonds is 5. The highest BCUT2D eigenvalue weighted by atomic mass is 35.5. The van der Waals surface area contributed by atoms with Crippen LogP contribution in [0.1, 0.15) is 29.8 Å². The summed E-state index contributed by atoms with van der Waals surface area (Å²) in [5.41, 5.74) is 1.70. The van der Waals surface area contributed by atoms with E-state index in [-0.39, 0.29) is 24.0 Å². The van der Waals surface area contributed by atoms with Gasteiger partial charge in [-0.1, -0.05) is 55.8 Å². The van der Waals surface area contributed by atoms with Crippen LogP contribution in [0.25, 0.3) is 0 Å². The number of halogens is 1. The van der Waals surface area contributed by atoms with Gasteiger partial charge in [-0.15, -0.1) is 0 Å². The van der Waals surface area contributed by atoms with Gasteiger partial charge in [-0.05, 0) is 23.8 Å². The molecule has 114 valence electrons. The first-order chi connectivity index (χ1) is 10.5. The lowest BCUT2D eigenvalue weighted by molar-refractivity contribution is -0.121. The first-order valence-corrected chi connectivity index (χ1v) is 7.53. The van der Waals surface area contributed by atoms with Crippen LogP contribution in [0.15, 0.2) is 48.5 Å². The Bertz CT molecular complexity index is 681. The van der Waals surface area contributed by atoms with Crippen LogP contribution in [0, 0.1) is 5.92 Å². The monoisotopic (exact) mass is 315 g/mol. The van der Waals surface area contributed by atoms with Crippen molar-refractivity contribution in [1.29, 1.82) is 0 Å². The molecule has 1 amide bonds. The summed E-state index contributed by atoms with van der Waals surface area (Å²) >= 11 is 6.18. The van der Waals surface area contributed by atoms with Gasteiger partial charge in [0.1, 0.15) is 5.78 Å². The van der Waals surface area contributed by atoms with Crippen LogP contribution in [0.5, 0.6) is 0 Å². The molecule has 0 heterocycles. The van der Waals surface area contributed by atoms with E-state index in [0.29, 0.717) is 21.8 Å². The number of anilines is 1. The highest BCUT2D eigenvalue weighted by Gasteiger charge is 2.18. The zero-order valence-electron chi connectivity index (χ0n) is 12.6. The van der Waals surface area contributed by atoms with E-state index in [9.17, 15) is 9.59 Å². The minimum absolute atomic E-state index is 0.0796. The average molecular weight is 316 g/mol. The molecule has 0 saturated heterocycles. The number of benzene rings is 2. The molecule has 0 aliphatic heterocycles. The van der Waals surface area contributed by atoms with Gasteiger partial charge in [-0.2, -0.15) is 0 Å². The van der Waals surface area contributed by atoms with E-state index in [1.807, 2.05) is 32.0 Å². The minimum Gasteiger partial charge on any atom is -0.322 e. The molecule has 0 spiro atoms. The number of hydrogen-bond donors (Lipinski definition) is 1. The normalized spacial score (nSPS) is 10.5. The van der Waals surface area contributed by atoms with Crippen molar-refractivity contribution in [2.75, 3.05) is 5.32 Å². The SMILES string of the molecule is CC(C)C(=O)Cc1cccc(Cl)c1C(=O)Nc1ccccc1. The van der Waals surface area contributed by atoms with Crippen LogP contribution in [-0.2, 0) is 11.2 Å². The number of nitrogens with one attached hydrogen (secondary N) is 1. The smallest absolute Gasteiger partial charge is 0.257 e. The summed E-state index contributed by atoms with van der Waals surface area (Å²) in [4.78, 5) is 24.5. The molecule has 0 aliphatic carbocycles. The van der Waals surface area contributed by atoms with Gasteiger partial charge in [0.2, 0.25) is 0 Å². The molecular weight excluding hydrogens is 298 g/mol. The summed E-state index contributed by atoms with van der Waals surface area (Å²) < 4.78 is 0. The largest absolute Gasteiger partial charge is 0.322 e. The van der Waals surface area contributed by atoms with Crippen molar-refractivity contribution in [3.63, 3.8) is 0 Å². The third kappa shape index (κ3) is 3.95. The predicted octanol–water partition coefficient (Wildman–Crippen LogP) is 4.36. The van der Waals surface area contributed by atoms with E-state index < -0.39 is 0 Å². The fourth-order valence-corrected chi connectivity index (χ4v) is 2.36. The Labute approximate surface area is 135 Å². The zero-order chi connectivity index (χ0) is 16.1. The Morgan fingerprint density at radius 3 is 2.36 bits per heavy atom. The maximum Gasteiger partial charge on any atom is 0.257 e. The Balaban J connectivity index is 2.29. The van der Waals surface area contributed by atoms with E-state index in [2.05, 4.69) is 5.32 Å². The third-order valence-corrected chi connectivity index (χ3v) is 3.68. The van der Waals surface area contributed by atoms with Crippen molar-refractivity contribution in [2.45, 2.75) is 20.3 Å². The first kappa shape index (κ1) is 16.2. The van der Waals surface area contributed by atoms with E-state index >= 15 is 0 Å². The van der Waals surface area contributed by atoms with Crippen molar-refractivity contribution < 1.29 is 9.59 Å². The second kappa shape index (κ2) is 7.23. The molecule has 2 aromatic rings. The highest BCUT2D eigenvalue weighted by Crippen LogP contribution is 2.23. The molecule has 0 aliphatic rings. The number of carbonyl (C=O) groups is 2. The number of ketones is 1. The molecule has 0 atom stereocenters. The Kier molecular flexibility index (Phi) is 5.34. The number of para-hydroxylation sites is 1. The van der Waals surface area contributed by atoms with Crippen molar-refractivity contribution in [3.05, 3.63) is 64.7 Å².